The number of carbonyl (C=O) groups excluding carboxylic acids is 1. The summed E-state index contributed by atoms with van der Waals surface area (Å²) in [6.45, 7) is 0.567. The van der Waals surface area contributed by atoms with Crippen molar-refractivity contribution >= 4 is 16.8 Å². The minimum Gasteiger partial charge on any atom is -0.352 e. The van der Waals surface area contributed by atoms with Gasteiger partial charge in [-0.2, -0.15) is 0 Å². The molecule has 20 heavy (non-hydrogen) atoms. The number of benzene rings is 1. The fourth-order valence-corrected chi connectivity index (χ4v) is 2.12. The molecule has 5 heteroatoms. The molecule has 100 valence electrons. The van der Waals surface area contributed by atoms with Gasteiger partial charge in [-0.25, -0.2) is 4.98 Å². The number of H-pyrrole nitrogens is 1. The van der Waals surface area contributed by atoms with Crippen molar-refractivity contribution in [3.05, 3.63) is 60.3 Å². The summed E-state index contributed by atoms with van der Waals surface area (Å²) < 4.78 is 0. The molecule has 0 unspecified atom stereocenters. The molecule has 0 spiro atoms. The molecule has 0 radical (unpaired) electrons. The number of pyridine rings is 1. The molecule has 2 aromatic heterocycles. The molecule has 0 aliphatic heterocycles. The van der Waals surface area contributed by atoms with Gasteiger partial charge in [0.05, 0.1) is 17.4 Å². The highest BCUT2D eigenvalue weighted by molar-refractivity contribution is 6.05. The van der Waals surface area contributed by atoms with Gasteiger partial charge in [0.25, 0.3) is 5.91 Å². The molecule has 2 N–H and O–H groups in total. The van der Waals surface area contributed by atoms with Crippen molar-refractivity contribution in [3.63, 3.8) is 0 Å². The molecule has 1 aromatic carbocycles. The van der Waals surface area contributed by atoms with Crippen molar-refractivity contribution in [1.29, 1.82) is 0 Å². The number of carbonyl (C=O) groups is 1. The van der Waals surface area contributed by atoms with Crippen LogP contribution >= 0.6 is 0 Å². The number of amides is 1. The molecule has 0 fully saturated rings. The van der Waals surface area contributed by atoms with E-state index < -0.39 is 0 Å². The molecule has 0 bridgehead atoms. The standard InChI is InChI=1S/C15H14N4O/c20-15(18-7-5-11-9-16-10-19-11)13-6-8-17-14-4-2-1-3-12(13)14/h1-4,6,8-10H,5,7H2,(H,16,19)(H,18,20). The largest absolute Gasteiger partial charge is 0.352 e. The van der Waals surface area contributed by atoms with E-state index in [4.69, 9.17) is 0 Å². The number of hydrogen-bond acceptors (Lipinski definition) is 3. The number of nitrogens with zero attached hydrogens (tertiary/aromatic N) is 2. The molecule has 0 saturated carbocycles. The molecular weight excluding hydrogens is 252 g/mol. The van der Waals surface area contributed by atoms with Gasteiger partial charge >= 0.3 is 0 Å². The Bertz CT molecular complexity index is 716. The molecular formula is C15H14N4O. The number of aromatic amines is 1. The summed E-state index contributed by atoms with van der Waals surface area (Å²) in [5.41, 5.74) is 2.49. The normalized spacial score (nSPS) is 10.6. The predicted octanol–water partition coefficient (Wildman–Crippen LogP) is 1.93. The highest BCUT2D eigenvalue weighted by atomic mass is 16.1. The van der Waals surface area contributed by atoms with E-state index in [0.29, 0.717) is 12.1 Å². The Kier molecular flexibility index (Phi) is 3.41. The smallest absolute Gasteiger partial charge is 0.252 e. The van der Waals surface area contributed by atoms with Crippen LogP contribution in [0.3, 0.4) is 0 Å². The van der Waals surface area contributed by atoms with Crippen LogP contribution in [0.1, 0.15) is 16.1 Å². The second kappa shape index (κ2) is 5.52. The van der Waals surface area contributed by atoms with E-state index in [1.165, 1.54) is 0 Å². The maximum atomic E-state index is 12.2. The van der Waals surface area contributed by atoms with Crippen LogP contribution in [0.4, 0.5) is 0 Å². The summed E-state index contributed by atoms with van der Waals surface area (Å²) in [5.74, 6) is -0.0804. The summed E-state index contributed by atoms with van der Waals surface area (Å²) in [6, 6.07) is 9.37. The number of aromatic nitrogens is 3. The van der Waals surface area contributed by atoms with Crippen molar-refractivity contribution in [2.24, 2.45) is 0 Å². The third kappa shape index (κ3) is 2.51. The Hall–Kier alpha value is -2.69. The minimum atomic E-state index is -0.0804. The molecule has 3 aromatic rings. The zero-order chi connectivity index (χ0) is 13.8. The Balaban J connectivity index is 1.72. The van der Waals surface area contributed by atoms with Gasteiger partial charge in [-0.05, 0) is 12.1 Å². The van der Waals surface area contributed by atoms with Crippen LogP contribution in [0, 0.1) is 0 Å². The first-order valence-electron chi connectivity index (χ1n) is 6.44. The second-order valence-electron chi connectivity index (χ2n) is 4.46. The molecule has 5 nitrogen and oxygen atoms in total. The summed E-state index contributed by atoms with van der Waals surface area (Å²) in [4.78, 5) is 23.4. The molecule has 2 heterocycles. The fraction of sp³-hybridized carbons (Fsp3) is 0.133. The third-order valence-electron chi connectivity index (χ3n) is 3.13. The Morgan fingerprint density at radius 1 is 1.25 bits per heavy atom. The van der Waals surface area contributed by atoms with Crippen molar-refractivity contribution < 1.29 is 4.79 Å². The van der Waals surface area contributed by atoms with Crippen LogP contribution in [-0.2, 0) is 6.42 Å². The van der Waals surface area contributed by atoms with Crippen molar-refractivity contribution in [2.75, 3.05) is 6.54 Å². The highest BCUT2D eigenvalue weighted by Crippen LogP contribution is 2.15. The number of para-hydroxylation sites is 1. The topological polar surface area (TPSA) is 70.7 Å². The summed E-state index contributed by atoms with van der Waals surface area (Å²) >= 11 is 0. The van der Waals surface area contributed by atoms with Crippen LogP contribution in [0.25, 0.3) is 10.9 Å². The average Bonchev–Trinajstić information content (AvgIpc) is 3.00. The Labute approximate surface area is 116 Å². The quantitative estimate of drug-likeness (QED) is 0.758. The lowest BCUT2D eigenvalue weighted by molar-refractivity contribution is 0.0955. The zero-order valence-electron chi connectivity index (χ0n) is 10.8. The molecule has 0 aliphatic carbocycles. The third-order valence-corrected chi connectivity index (χ3v) is 3.13. The molecule has 1 amide bonds. The van der Waals surface area contributed by atoms with Crippen LogP contribution in [0.2, 0.25) is 0 Å². The first kappa shape index (κ1) is 12.3. The van der Waals surface area contributed by atoms with Crippen molar-refractivity contribution in [1.82, 2.24) is 20.3 Å². The Morgan fingerprint density at radius 3 is 3.00 bits per heavy atom. The number of nitrogens with one attached hydrogen (secondary N) is 2. The number of fused-ring (bicyclic) bond motifs is 1. The zero-order valence-corrected chi connectivity index (χ0v) is 10.8. The Morgan fingerprint density at radius 2 is 2.15 bits per heavy atom. The van der Waals surface area contributed by atoms with Gasteiger partial charge in [-0.3, -0.25) is 9.78 Å². The van der Waals surface area contributed by atoms with E-state index in [2.05, 4.69) is 20.3 Å². The van der Waals surface area contributed by atoms with Gasteiger partial charge in [0.2, 0.25) is 0 Å². The van der Waals surface area contributed by atoms with E-state index in [1.807, 2.05) is 24.3 Å². The van der Waals surface area contributed by atoms with Gasteiger partial charge in [-0.1, -0.05) is 18.2 Å². The van der Waals surface area contributed by atoms with Gasteiger partial charge in [0.1, 0.15) is 0 Å². The maximum absolute atomic E-state index is 12.2. The van der Waals surface area contributed by atoms with Gasteiger partial charge in [-0.15, -0.1) is 0 Å². The molecule has 0 atom stereocenters. The molecule has 0 saturated heterocycles. The van der Waals surface area contributed by atoms with Gasteiger partial charge in [0.15, 0.2) is 0 Å². The average molecular weight is 266 g/mol. The number of imidazole rings is 1. The minimum absolute atomic E-state index is 0.0804. The van der Waals surface area contributed by atoms with Crippen molar-refractivity contribution in [2.45, 2.75) is 6.42 Å². The predicted molar refractivity (Wildman–Crippen MR) is 76.4 cm³/mol. The number of rotatable bonds is 4. The lowest BCUT2D eigenvalue weighted by Gasteiger charge is -2.07. The lowest BCUT2D eigenvalue weighted by atomic mass is 10.1. The summed E-state index contributed by atoms with van der Waals surface area (Å²) in [5, 5.41) is 3.78. The van der Waals surface area contributed by atoms with Crippen LogP contribution in [0.5, 0.6) is 0 Å². The summed E-state index contributed by atoms with van der Waals surface area (Å²) in [7, 11) is 0. The first-order chi connectivity index (χ1) is 9.84. The fourth-order valence-electron chi connectivity index (χ4n) is 2.12. The monoisotopic (exact) mass is 266 g/mol. The maximum Gasteiger partial charge on any atom is 0.252 e. The van der Waals surface area contributed by atoms with E-state index >= 15 is 0 Å². The van der Waals surface area contributed by atoms with Crippen LogP contribution < -0.4 is 5.32 Å². The highest BCUT2D eigenvalue weighted by Gasteiger charge is 2.09. The molecule has 0 aliphatic rings. The molecule has 3 rings (SSSR count). The van der Waals surface area contributed by atoms with Crippen LogP contribution in [0.15, 0.2) is 49.1 Å². The second-order valence-corrected chi connectivity index (χ2v) is 4.46. The van der Waals surface area contributed by atoms with E-state index in [-0.39, 0.29) is 5.91 Å². The van der Waals surface area contributed by atoms with E-state index in [1.54, 1.807) is 24.8 Å². The van der Waals surface area contributed by atoms with Crippen molar-refractivity contribution in [3.8, 4) is 0 Å². The van der Waals surface area contributed by atoms with E-state index in [9.17, 15) is 4.79 Å². The SMILES string of the molecule is O=C(NCCc1cnc[nH]1)c1ccnc2ccccc12. The first-order valence-corrected chi connectivity index (χ1v) is 6.44. The lowest BCUT2D eigenvalue weighted by Crippen LogP contribution is -2.26. The van der Waals surface area contributed by atoms with Crippen LogP contribution in [-0.4, -0.2) is 27.4 Å². The number of hydrogen-bond donors (Lipinski definition) is 2. The summed E-state index contributed by atoms with van der Waals surface area (Å²) in [6.07, 6.45) is 5.78. The van der Waals surface area contributed by atoms with Gasteiger partial charge < -0.3 is 10.3 Å². The van der Waals surface area contributed by atoms with Gasteiger partial charge in [0, 0.05) is 36.4 Å². The van der Waals surface area contributed by atoms with E-state index in [0.717, 1.165) is 23.0 Å².